The Morgan fingerprint density at radius 1 is 1.14 bits per heavy atom. The van der Waals surface area contributed by atoms with Crippen LogP contribution in [0.5, 0.6) is 11.5 Å². The van der Waals surface area contributed by atoms with E-state index in [-0.39, 0.29) is 30.5 Å². The Balaban J connectivity index is 0.00000280. The zero-order chi connectivity index (χ0) is 19.2. The second-order valence-electron chi connectivity index (χ2n) is 7.14. The van der Waals surface area contributed by atoms with Crippen LogP contribution in [0, 0.1) is 0 Å². The molecule has 3 rings (SSSR count). The molecule has 0 bridgehead atoms. The molecule has 0 radical (unpaired) electrons. The van der Waals surface area contributed by atoms with Crippen LogP contribution in [0.15, 0.2) is 42.5 Å². The zero-order valence-corrected chi connectivity index (χ0v) is 17.3. The van der Waals surface area contributed by atoms with Crippen LogP contribution in [0.3, 0.4) is 0 Å². The van der Waals surface area contributed by atoms with Gasteiger partial charge in [-0.2, -0.15) is 0 Å². The number of nitrogen functional groups attached to an aromatic ring is 1. The summed E-state index contributed by atoms with van der Waals surface area (Å²) in [5.41, 5.74) is 8.30. The van der Waals surface area contributed by atoms with Gasteiger partial charge in [-0.3, -0.25) is 4.79 Å². The van der Waals surface area contributed by atoms with E-state index in [2.05, 4.69) is 5.32 Å². The van der Waals surface area contributed by atoms with Crippen LogP contribution < -0.4 is 20.5 Å². The number of carbonyl (C=O) groups is 1. The Morgan fingerprint density at radius 3 is 2.46 bits per heavy atom. The van der Waals surface area contributed by atoms with Gasteiger partial charge in [-0.25, -0.2) is 0 Å². The summed E-state index contributed by atoms with van der Waals surface area (Å²) in [5.74, 6) is 1.45. The van der Waals surface area contributed by atoms with E-state index in [0.29, 0.717) is 17.9 Å². The lowest BCUT2D eigenvalue weighted by Crippen LogP contribution is -2.28. The number of benzene rings is 2. The fourth-order valence-corrected chi connectivity index (χ4v) is 3.43. The van der Waals surface area contributed by atoms with Gasteiger partial charge in [-0.15, -0.1) is 12.4 Å². The number of nitrogens with one attached hydrogen (secondary N) is 1. The topological polar surface area (TPSA) is 73.6 Å². The fourth-order valence-electron chi connectivity index (χ4n) is 3.43. The molecular formula is C22H29ClN2O3. The highest BCUT2D eigenvalue weighted by molar-refractivity contribution is 5.85. The molecule has 28 heavy (non-hydrogen) atoms. The first-order chi connectivity index (χ1) is 13.0. The summed E-state index contributed by atoms with van der Waals surface area (Å²) >= 11 is 0. The molecule has 1 aliphatic rings. The SMILES string of the molecule is COc1cc(C(C)NC(=O)Cc2ccc(N)cc2)ccc1OC1CCCC1.Cl. The highest BCUT2D eigenvalue weighted by Crippen LogP contribution is 2.33. The molecule has 0 heterocycles. The average molecular weight is 405 g/mol. The average Bonchev–Trinajstić information content (AvgIpc) is 3.17. The third kappa shape index (κ3) is 5.80. The van der Waals surface area contributed by atoms with Gasteiger partial charge in [0.05, 0.1) is 25.7 Å². The summed E-state index contributed by atoms with van der Waals surface area (Å²) in [5, 5.41) is 3.04. The Bertz CT molecular complexity index is 774. The summed E-state index contributed by atoms with van der Waals surface area (Å²) in [6, 6.07) is 13.1. The second kappa shape index (κ2) is 10.2. The number of rotatable bonds is 7. The van der Waals surface area contributed by atoms with Gasteiger partial charge in [0.1, 0.15) is 0 Å². The van der Waals surface area contributed by atoms with Crippen molar-refractivity contribution >= 4 is 24.0 Å². The van der Waals surface area contributed by atoms with Gasteiger partial charge in [0.15, 0.2) is 11.5 Å². The second-order valence-corrected chi connectivity index (χ2v) is 7.14. The monoisotopic (exact) mass is 404 g/mol. The van der Waals surface area contributed by atoms with E-state index in [9.17, 15) is 4.79 Å². The number of methoxy groups -OCH3 is 1. The number of hydrogen-bond donors (Lipinski definition) is 2. The van der Waals surface area contributed by atoms with Crippen LogP contribution in [-0.2, 0) is 11.2 Å². The van der Waals surface area contributed by atoms with Gasteiger partial charge in [0.25, 0.3) is 0 Å². The Labute approximate surface area is 173 Å². The minimum absolute atomic E-state index is 0. The van der Waals surface area contributed by atoms with Gasteiger partial charge in [-0.05, 0) is 68.0 Å². The Morgan fingerprint density at radius 2 is 1.82 bits per heavy atom. The molecule has 2 aromatic carbocycles. The number of anilines is 1. The first kappa shape index (κ1) is 21.9. The zero-order valence-electron chi connectivity index (χ0n) is 16.4. The Hall–Kier alpha value is -2.40. The van der Waals surface area contributed by atoms with Crippen molar-refractivity contribution in [2.45, 2.75) is 51.2 Å². The van der Waals surface area contributed by atoms with Crippen molar-refractivity contribution in [3.8, 4) is 11.5 Å². The van der Waals surface area contributed by atoms with Crippen molar-refractivity contribution < 1.29 is 14.3 Å². The number of nitrogens with two attached hydrogens (primary N) is 1. The van der Waals surface area contributed by atoms with Crippen molar-refractivity contribution in [3.63, 3.8) is 0 Å². The number of ether oxygens (including phenoxy) is 2. The third-order valence-electron chi connectivity index (χ3n) is 5.01. The van der Waals surface area contributed by atoms with E-state index in [4.69, 9.17) is 15.2 Å². The number of hydrogen-bond acceptors (Lipinski definition) is 4. The van der Waals surface area contributed by atoms with Crippen LogP contribution in [0.2, 0.25) is 0 Å². The molecule has 3 N–H and O–H groups in total. The van der Waals surface area contributed by atoms with Crippen molar-refractivity contribution in [2.24, 2.45) is 0 Å². The molecule has 1 fully saturated rings. The number of amides is 1. The first-order valence-electron chi connectivity index (χ1n) is 9.53. The van der Waals surface area contributed by atoms with E-state index in [1.165, 1.54) is 12.8 Å². The van der Waals surface area contributed by atoms with E-state index in [1.54, 1.807) is 19.2 Å². The highest BCUT2D eigenvalue weighted by atomic mass is 35.5. The lowest BCUT2D eigenvalue weighted by atomic mass is 10.1. The van der Waals surface area contributed by atoms with Gasteiger partial charge < -0.3 is 20.5 Å². The largest absolute Gasteiger partial charge is 0.493 e. The molecule has 152 valence electrons. The van der Waals surface area contributed by atoms with E-state index >= 15 is 0 Å². The molecule has 1 atom stereocenters. The summed E-state index contributed by atoms with van der Waals surface area (Å²) < 4.78 is 11.6. The molecule has 0 saturated heterocycles. The van der Waals surface area contributed by atoms with Crippen molar-refractivity contribution in [1.29, 1.82) is 0 Å². The molecule has 0 spiro atoms. The smallest absolute Gasteiger partial charge is 0.224 e. The van der Waals surface area contributed by atoms with E-state index < -0.39 is 0 Å². The van der Waals surface area contributed by atoms with Crippen LogP contribution >= 0.6 is 12.4 Å². The predicted octanol–water partition coefficient (Wildman–Crippen LogP) is 4.44. The summed E-state index contributed by atoms with van der Waals surface area (Å²) in [6.07, 6.45) is 5.25. The number of halogens is 1. The third-order valence-corrected chi connectivity index (χ3v) is 5.01. The van der Waals surface area contributed by atoms with Gasteiger partial charge >= 0.3 is 0 Å². The van der Waals surface area contributed by atoms with E-state index in [0.717, 1.165) is 29.7 Å². The molecule has 0 aromatic heterocycles. The van der Waals surface area contributed by atoms with Crippen LogP contribution in [-0.4, -0.2) is 19.1 Å². The number of carbonyl (C=O) groups excluding carboxylic acids is 1. The predicted molar refractivity (Wildman–Crippen MR) is 114 cm³/mol. The Kier molecular flexibility index (Phi) is 8.00. The van der Waals surface area contributed by atoms with Gasteiger partial charge in [-0.1, -0.05) is 18.2 Å². The van der Waals surface area contributed by atoms with Crippen LogP contribution in [0.25, 0.3) is 0 Å². The molecule has 2 aromatic rings. The lowest BCUT2D eigenvalue weighted by molar-refractivity contribution is -0.121. The summed E-state index contributed by atoms with van der Waals surface area (Å²) in [7, 11) is 1.64. The quantitative estimate of drug-likeness (QED) is 0.669. The van der Waals surface area contributed by atoms with Crippen LogP contribution in [0.4, 0.5) is 5.69 Å². The normalized spacial score (nSPS) is 14.8. The minimum Gasteiger partial charge on any atom is -0.493 e. The molecule has 1 amide bonds. The standard InChI is InChI=1S/C22H28N2O3.ClH/c1-15(24-22(25)13-16-7-10-18(23)11-8-16)17-9-12-20(21(14-17)26-2)27-19-5-3-4-6-19;/h7-12,14-15,19H,3-6,13,23H2,1-2H3,(H,24,25);1H. The summed E-state index contributed by atoms with van der Waals surface area (Å²) in [6.45, 7) is 1.97. The van der Waals surface area contributed by atoms with Gasteiger partial charge in [0.2, 0.25) is 5.91 Å². The minimum atomic E-state index is -0.124. The molecule has 0 aliphatic heterocycles. The van der Waals surface area contributed by atoms with Crippen molar-refractivity contribution in [1.82, 2.24) is 5.32 Å². The van der Waals surface area contributed by atoms with Crippen molar-refractivity contribution in [3.05, 3.63) is 53.6 Å². The molecule has 1 aliphatic carbocycles. The van der Waals surface area contributed by atoms with Crippen LogP contribution in [0.1, 0.15) is 49.8 Å². The maximum Gasteiger partial charge on any atom is 0.224 e. The van der Waals surface area contributed by atoms with Gasteiger partial charge in [0, 0.05) is 5.69 Å². The maximum atomic E-state index is 12.3. The van der Waals surface area contributed by atoms with E-state index in [1.807, 2.05) is 37.3 Å². The maximum absolute atomic E-state index is 12.3. The lowest BCUT2D eigenvalue weighted by Gasteiger charge is -2.19. The molecular weight excluding hydrogens is 376 g/mol. The fraction of sp³-hybridized carbons (Fsp3) is 0.409. The molecule has 1 saturated carbocycles. The molecule has 6 heteroatoms. The summed E-state index contributed by atoms with van der Waals surface area (Å²) in [4.78, 5) is 12.3. The van der Waals surface area contributed by atoms with Crippen molar-refractivity contribution in [2.75, 3.05) is 12.8 Å². The molecule has 5 nitrogen and oxygen atoms in total. The highest BCUT2D eigenvalue weighted by Gasteiger charge is 2.19. The first-order valence-corrected chi connectivity index (χ1v) is 9.53. The molecule has 1 unspecified atom stereocenters.